The van der Waals surface area contributed by atoms with Gasteiger partial charge in [0.25, 0.3) is 0 Å². The van der Waals surface area contributed by atoms with Crippen molar-refractivity contribution in [2.75, 3.05) is 30.2 Å². The van der Waals surface area contributed by atoms with Crippen LogP contribution in [0.4, 0.5) is 17.1 Å². The molecule has 1 N–H and O–H groups in total. The van der Waals surface area contributed by atoms with Crippen LogP contribution < -0.4 is 29.2 Å². The minimum Gasteiger partial charge on any atom is -0.491 e. The number of unbranched alkanes of at least 4 members (excludes halogenated alkanes) is 2. The third-order valence-electron chi connectivity index (χ3n) is 8.41. The van der Waals surface area contributed by atoms with Gasteiger partial charge in [-0.1, -0.05) is 56.2 Å². The zero-order valence-electron chi connectivity index (χ0n) is 22.2. The molecule has 7 nitrogen and oxygen atoms in total. The molecule has 0 fully saturated rings. The summed E-state index contributed by atoms with van der Waals surface area (Å²) >= 11 is 0. The molecule has 0 aromatic heterocycles. The Balaban J connectivity index is 1.35. The number of carbonyl (C=O) groups is 1. The van der Waals surface area contributed by atoms with E-state index in [1.807, 2.05) is 59.5 Å². The Bertz CT molecular complexity index is 1700. The van der Waals surface area contributed by atoms with E-state index in [1.54, 1.807) is 0 Å². The number of hydrogen-bond acceptors (Lipinski definition) is 6. The van der Waals surface area contributed by atoms with E-state index in [0.29, 0.717) is 23.8 Å². The zero-order chi connectivity index (χ0) is 26.8. The van der Waals surface area contributed by atoms with E-state index in [2.05, 4.69) is 30.4 Å². The van der Waals surface area contributed by atoms with Crippen LogP contribution in [0.2, 0.25) is 0 Å². The molecule has 1 unspecified atom stereocenters. The number of ether oxygens (including phenoxy) is 4. The number of nitrogens with zero attached hydrogens (tertiary/aromatic N) is 1. The summed E-state index contributed by atoms with van der Waals surface area (Å²) in [5, 5.41) is 3.52. The number of anilines is 3. The van der Waals surface area contributed by atoms with E-state index in [4.69, 9.17) is 18.9 Å². The molecule has 0 radical (unpaired) electrons. The number of rotatable bonds is 5. The Morgan fingerprint density at radius 1 is 0.825 bits per heavy atom. The monoisotopic (exact) mass is 532 g/mol. The molecule has 0 aliphatic carbocycles. The molecule has 1 amide bonds. The first-order valence-electron chi connectivity index (χ1n) is 13.9. The van der Waals surface area contributed by atoms with Gasteiger partial charge in [-0.15, -0.1) is 0 Å². The average molecular weight is 533 g/mol. The molecule has 200 valence electrons. The fourth-order valence-electron chi connectivity index (χ4n) is 6.52. The molecular formula is C33H28N2O5. The topological polar surface area (TPSA) is 69.3 Å². The third kappa shape index (κ3) is 3.14. The van der Waals surface area contributed by atoms with Crippen LogP contribution in [0.15, 0.2) is 72.8 Å². The molecule has 4 heterocycles. The molecule has 1 spiro atoms. The van der Waals surface area contributed by atoms with Crippen LogP contribution in [0.1, 0.15) is 37.3 Å². The van der Waals surface area contributed by atoms with E-state index < -0.39 is 5.41 Å². The van der Waals surface area contributed by atoms with E-state index in [9.17, 15) is 4.79 Å². The number of hydrogen-bond donors (Lipinski definition) is 1. The molecule has 1 atom stereocenters. The van der Waals surface area contributed by atoms with Crippen molar-refractivity contribution >= 4 is 23.0 Å². The lowest BCUT2D eigenvalue weighted by Gasteiger charge is -2.27. The van der Waals surface area contributed by atoms with Gasteiger partial charge in [0.2, 0.25) is 12.7 Å². The Hall–Kier alpha value is -4.65. The van der Waals surface area contributed by atoms with Gasteiger partial charge in [0.15, 0.2) is 23.0 Å². The summed E-state index contributed by atoms with van der Waals surface area (Å²) in [6, 6.07) is 24.0. The highest BCUT2D eigenvalue weighted by molar-refractivity contribution is 6.14. The summed E-state index contributed by atoms with van der Waals surface area (Å²) in [7, 11) is 0. The maximum absolute atomic E-state index is 14.6. The minimum absolute atomic E-state index is 0.0397. The van der Waals surface area contributed by atoms with Crippen LogP contribution in [0, 0.1) is 0 Å². The van der Waals surface area contributed by atoms with Gasteiger partial charge in [0, 0.05) is 35.0 Å². The molecule has 0 saturated carbocycles. The number of carbonyl (C=O) groups excluding carboxylic acids is 1. The summed E-state index contributed by atoms with van der Waals surface area (Å²) in [4.78, 5) is 16.6. The molecular weight excluding hydrogens is 504 g/mol. The van der Waals surface area contributed by atoms with Crippen molar-refractivity contribution in [3.05, 3.63) is 83.9 Å². The van der Waals surface area contributed by atoms with Crippen molar-refractivity contribution in [3.63, 3.8) is 0 Å². The molecule has 7 heteroatoms. The van der Waals surface area contributed by atoms with Crippen LogP contribution in [-0.2, 0) is 10.2 Å². The molecule has 4 aliphatic rings. The Morgan fingerprint density at radius 2 is 1.62 bits per heavy atom. The second-order valence-corrected chi connectivity index (χ2v) is 10.7. The minimum atomic E-state index is -1.00. The summed E-state index contributed by atoms with van der Waals surface area (Å²) in [5.41, 5.74) is 5.38. The van der Waals surface area contributed by atoms with Gasteiger partial charge >= 0.3 is 0 Å². The Labute approximate surface area is 232 Å². The molecule has 4 aliphatic heterocycles. The maximum atomic E-state index is 14.6. The smallest absolute Gasteiger partial charge is 0.245 e. The normalized spacial score (nSPS) is 18.9. The Kier molecular flexibility index (Phi) is 5.05. The molecule has 0 bridgehead atoms. The van der Waals surface area contributed by atoms with E-state index in [1.165, 1.54) is 0 Å². The quantitative estimate of drug-likeness (QED) is 0.243. The highest BCUT2D eigenvalue weighted by atomic mass is 16.7. The summed E-state index contributed by atoms with van der Waals surface area (Å²) in [6.07, 6.45) is 3.07. The average Bonchev–Trinajstić information content (AvgIpc) is 3.66. The first kappa shape index (κ1) is 23.3. The van der Waals surface area contributed by atoms with E-state index in [0.717, 1.165) is 70.1 Å². The third-order valence-corrected chi connectivity index (χ3v) is 8.41. The first-order valence-corrected chi connectivity index (χ1v) is 13.9. The maximum Gasteiger partial charge on any atom is 0.245 e. The zero-order valence-corrected chi connectivity index (χ0v) is 22.2. The second kappa shape index (κ2) is 8.68. The van der Waals surface area contributed by atoms with Gasteiger partial charge in [-0.05, 0) is 42.3 Å². The Morgan fingerprint density at radius 3 is 2.52 bits per heavy atom. The molecule has 4 aromatic rings. The van der Waals surface area contributed by atoms with Gasteiger partial charge in [-0.2, -0.15) is 0 Å². The van der Waals surface area contributed by atoms with Crippen LogP contribution >= 0.6 is 0 Å². The summed E-state index contributed by atoms with van der Waals surface area (Å²) in [6.45, 7) is 3.21. The second-order valence-electron chi connectivity index (χ2n) is 10.7. The van der Waals surface area contributed by atoms with Gasteiger partial charge in [-0.25, -0.2) is 0 Å². The summed E-state index contributed by atoms with van der Waals surface area (Å²) in [5.74, 6) is 3.50. The molecule has 40 heavy (non-hydrogen) atoms. The van der Waals surface area contributed by atoms with Crippen molar-refractivity contribution < 1.29 is 23.7 Å². The largest absolute Gasteiger partial charge is 0.491 e. The van der Waals surface area contributed by atoms with Crippen LogP contribution in [0.25, 0.3) is 11.1 Å². The molecule has 8 rings (SSSR count). The van der Waals surface area contributed by atoms with Crippen LogP contribution in [0.5, 0.6) is 28.7 Å². The van der Waals surface area contributed by atoms with E-state index in [-0.39, 0.29) is 19.3 Å². The van der Waals surface area contributed by atoms with Gasteiger partial charge < -0.3 is 29.2 Å². The fourth-order valence-corrected chi connectivity index (χ4v) is 6.52. The van der Waals surface area contributed by atoms with Crippen molar-refractivity contribution in [2.24, 2.45) is 0 Å². The number of amides is 1. The number of nitrogens with one attached hydrogen (secondary N) is 1. The van der Waals surface area contributed by atoms with Crippen molar-refractivity contribution in [1.29, 1.82) is 0 Å². The highest BCUT2D eigenvalue weighted by Crippen LogP contribution is 2.59. The van der Waals surface area contributed by atoms with Gasteiger partial charge in [0.05, 0.1) is 11.4 Å². The van der Waals surface area contributed by atoms with Crippen molar-refractivity contribution in [3.8, 4) is 39.9 Å². The first-order chi connectivity index (χ1) is 19.7. The predicted octanol–water partition coefficient (Wildman–Crippen LogP) is 7.15. The number of para-hydroxylation sites is 3. The van der Waals surface area contributed by atoms with E-state index >= 15 is 0 Å². The van der Waals surface area contributed by atoms with Crippen molar-refractivity contribution in [1.82, 2.24) is 0 Å². The predicted molar refractivity (Wildman–Crippen MR) is 152 cm³/mol. The lowest BCUT2D eigenvalue weighted by Crippen LogP contribution is -2.43. The van der Waals surface area contributed by atoms with Gasteiger partial charge in [0.1, 0.15) is 17.8 Å². The highest BCUT2D eigenvalue weighted by Gasteiger charge is 2.58. The number of fused-ring (bicyclic) bond motifs is 7. The molecule has 0 saturated heterocycles. The number of benzene rings is 4. The SMILES string of the molecule is CCCCCN1C(=O)C2(COc3cc4c(cc32)OCO4)c2c(-c3cccc4c3Oc3ccccc3N4)cccc21. The van der Waals surface area contributed by atoms with Gasteiger partial charge in [-0.3, -0.25) is 4.79 Å². The lowest BCUT2D eigenvalue weighted by atomic mass is 9.74. The van der Waals surface area contributed by atoms with Crippen LogP contribution in [0.3, 0.4) is 0 Å². The van der Waals surface area contributed by atoms with Crippen molar-refractivity contribution in [2.45, 2.75) is 31.6 Å². The van der Waals surface area contributed by atoms with Crippen LogP contribution in [-0.4, -0.2) is 25.9 Å². The summed E-state index contributed by atoms with van der Waals surface area (Å²) < 4.78 is 24.2. The lowest BCUT2D eigenvalue weighted by molar-refractivity contribution is -0.122. The molecule has 4 aromatic carbocycles. The standard InChI is InChI=1S/C33H28N2O5/c1-2-3-6-15-35-25-13-8-9-20(21-10-7-12-24-31(21)40-26-14-5-4-11-23(26)34-24)30(25)33(32(35)36)18-37-27-17-29-28(16-22(27)33)38-19-39-29/h4-5,7-14,16-17,34H,2-3,6,15,18-19H2,1H3. The fraction of sp³-hybridized carbons (Fsp3) is 0.242.